The van der Waals surface area contributed by atoms with Crippen LogP contribution in [-0.2, 0) is 9.59 Å². The van der Waals surface area contributed by atoms with Gasteiger partial charge in [-0.05, 0) is 51.9 Å². The zero-order chi connectivity index (χ0) is 24.0. The number of carbonyl (C=O) groups is 2. The van der Waals surface area contributed by atoms with Crippen LogP contribution < -0.4 is 14.8 Å². The number of ketones is 1. The molecule has 5 rings (SSSR count). The Bertz CT molecular complexity index is 1350. The van der Waals surface area contributed by atoms with Crippen molar-refractivity contribution in [1.82, 2.24) is 0 Å². The van der Waals surface area contributed by atoms with Crippen LogP contribution in [0.25, 0.3) is 16.3 Å². The monoisotopic (exact) mass is 457 g/mol. The molecule has 6 heteroatoms. The summed E-state index contributed by atoms with van der Waals surface area (Å²) in [6.07, 6.45) is 1.30. The minimum Gasteiger partial charge on any atom is -0.493 e. The Balaban J connectivity index is 1.67. The standard InChI is InChI=1S/C28H27NO5/c1-28(2)13-19-25-18-7-5-4-6-16(18)8-10-20(25)29-27(26(19)21(30)14-28)17-9-11-22(23(12-17)33-3)34-15-24(31)32/h4-12,27,29H,13-15H2,1-3H3,(H,31,32)/t27-/m1/s1. The van der Waals surface area contributed by atoms with Gasteiger partial charge in [-0.1, -0.05) is 50.2 Å². The number of allylic oxidation sites excluding steroid dienone is 1. The topological polar surface area (TPSA) is 84.9 Å². The number of aliphatic carboxylic acids is 1. The molecule has 2 aliphatic rings. The highest BCUT2D eigenvalue weighted by Crippen LogP contribution is 2.52. The van der Waals surface area contributed by atoms with Crippen molar-refractivity contribution in [2.45, 2.75) is 32.7 Å². The Labute approximate surface area is 198 Å². The number of anilines is 1. The molecule has 3 aromatic rings. The molecule has 174 valence electrons. The van der Waals surface area contributed by atoms with Crippen molar-refractivity contribution < 1.29 is 24.2 Å². The highest BCUT2D eigenvalue weighted by Gasteiger charge is 2.41. The van der Waals surface area contributed by atoms with Crippen molar-refractivity contribution in [1.29, 1.82) is 0 Å². The Hall–Kier alpha value is -3.80. The number of fused-ring (bicyclic) bond motifs is 4. The molecule has 1 heterocycles. The molecule has 0 bridgehead atoms. The van der Waals surface area contributed by atoms with Gasteiger partial charge in [0, 0.05) is 23.2 Å². The Morgan fingerprint density at radius 3 is 2.65 bits per heavy atom. The second kappa shape index (κ2) is 8.20. The van der Waals surface area contributed by atoms with E-state index in [0.717, 1.165) is 45.2 Å². The fraction of sp³-hybridized carbons (Fsp3) is 0.286. The van der Waals surface area contributed by atoms with E-state index in [4.69, 9.17) is 14.6 Å². The first-order valence-electron chi connectivity index (χ1n) is 11.3. The molecule has 1 atom stereocenters. The summed E-state index contributed by atoms with van der Waals surface area (Å²) in [5.74, 6) is -0.140. The number of rotatable bonds is 5. The molecule has 0 saturated heterocycles. The van der Waals surface area contributed by atoms with Gasteiger partial charge in [-0.25, -0.2) is 4.79 Å². The Morgan fingerprint density at radius 1 is 1.09 bits per heavy atom. The summed E-state index contributed by atoms with van der Waals surface area (Å²) in [5, 5.41) is 14.8. The van der Waals surface area contributed by atoms with Gasteiger partial charge in [-0.2, -0.15) is 0 Å². The van der Waals surface area contributed by atoms with Crippen molar-refractivity contribution in [2.24, 2.45) is 5.41 Å². The predicted molar refractivity (Wildman–Crippen MR) is 131 cm³/mol. The van der Waals surface area contributed by atoms with Crippen LogP contribution in [0.15, 0.2) is 60.2 Å². The van der Waals surface area contributed by atoms with Crippen LogP contribution in [0.1, 0.15) is 43.9 Å². The minimum atomic E-state index is -1.06. The third kappa shape index (κ3) is 3.79. The SMILES string of the molecule is COc1cc([C@H]2Nc3ccc4ccccc4c3C3=C2C(=O)CC(C)(C)C3)ccc1OCC(=O)O. The first kappa shape index (κ1) is 22.0. The van der Waals surface area contributed by atoms with Crippen LogP contribution in [0.3, 0.4) is 0 Å². The first-order chi connectivity index (χ1) is 16.3. The number of carboxylic acid groups (broad SMARTS) is 1. The number of carbonyl (C=O) groups excluding carboxylic acids is 1. The molecular weight excluding hydrogens is 430 g/mol. The lowest BCUT2D eigenvalue weighted by Gasteiger charge is -2.40. The molecule has 2 N–H and O–H groups in total. The van der Waals surface area contributed by atoms with E-state index in [-0.39, 0.29) is 17.2 Å². The van der Waals surface area contributed by atoms with Crippen LogP contribution in [0.2, 0.25) is 0 Å². The quantitative estimate of drug-likeness (QED) is 0.517. The molecule has 0 fully saturated rings. The molecule has 0 aromatic heterocycles. The van der Waals surface area contributed by atoms with Gasteiger partial charge in [-0.15, -0.1) is 0 Å². The largest absolute Gasteiger partial charge is 0.493 e. The normalized spacial score (nSPS) is 18.7. The summed E-state index contributed by atoms with van der Waals surface area (Å²) >= 11 is 0. The summed E-state index contributed by atoms with van der Waals surface area (Å²) in [5.41, 5.74) is 4.74. The number of hydrogen-bond acceptors (Lipinski definition) is 5. The third-order valence-corrected chi connectivity index (χ3v) is 6.61. The lowest BCUT2D eigenvalue weighted by atomic mass is 9.68. The second-order valence-corrected chi connectivity index (χ2v) is 9.71. The summed E-state index contributed by atoms with van der Waals surface area (Å²) in [7, 11) is 1.52. The highest BCUT2D eigenvalue weighted by atomic mass is 16.5. The van der Waals surface area contributed by atoms with Gasteiger partial charge in [0.2, 0.25) is 0 Å². The van der Waals surface area contributed by atoms with Gasteiger partial charge in [-0.3, -0.25) is 4.79 Å². The number of Topliss-reactive ketones (excluding diaryl/α,β-unsaturated/α-hetero) is 1. The molecule has 34 heavy (non-hydrogen) atoms. The maximum atomic E-state index is 13.6. The van der Waals surface area contributed by atoms with Crippen LogP contribution in [0.4, 0.5) is 5.69 Å². The van der Waals surface area contributed by atoms with Gasteiger partial charge in [0.25, 0.3) is 0 Å². The van der Waals surface area contributed by atoms with Gasteiger partial charge in [0.05, 0.1) is 13.2 Å². The van der Waals surface area contributed by atoms with Crippen molar-refractivity contribution >= 4 is 33.8 Å². The third-order valence-electron chi connectivity index (χ3n) is 6.61. The number of methoxy groups -OCH3 is 1. The minimum absolute atomic E-state index is 0.127. The number of nitrogens with one attached hydrogen (secondary N) is 1. The number of carboxylic acids is 1. The predicted octanol–water partition coefficient (Wildman–Crippen LogP) is 5.62. The first-order valence-corrected chi connectivity index (χ1v) is 11.3. The zero-order valence-corrected chi connectivity index (χ0v) is 19.5. The molecule has 0 amide bonds. The molecule has 0 saturated carbocycles. The van der Waals surface area contributed by atoms with E-state index < -0.39 is 12.6 Å². The van der Waals surface area contributed by atoms with Crippen LogP contribution >= 0.6 is 0 Å². The second-order valence-electron chi connectivity index (χ2n) is 9.71. The molecule has 3 aromatic carbocycles. The highest BCUT2D eigenvalue weighted by molar-refractivity contribution is 6.12. The average Bonchev–Trinajstić information content (AvgIpc) is 2.80. The van der Waals surface area contributed by atoms with Crippen molar-refractivity contribution in [2.75, 3.05) is 19.0 Å². The fourth-order valence-electron chi connectivity index (χ4n) is 5.21. The van der Waals surface area contributed by atoms with E-state index in [0.29, 0.717) is 17.9 Å². The molecule has 1 aliphatic heterocycles. The molecule has 0 radical (unpaired) electrons. The van der Waals surface area contributed by atoms with Crippen LogP contribution in [0.5, 0.6) is 11.5 Å². The van der Waals surface area contributed by atoms with Crippen molar-refractivity contribution in [3.63, 3.8) is 0 Å². The van der Waals surface area contributed by atoms with Gasteiger partial charge in [0.15, 0.2) is 23.9 Å². The van der Waals surface area contributed by atoms with E-state index in [1.54, 1.807) is 6.07 Å². The number of benzene rings is 3. The maximum Gasteiger partial charge on any atom is 0.341 e. The van der Waals surface area contributed by atoms with E-state index in [1.807, 2.05) is 24.3 Å². The van der Waals surface area contributed by atoms with E-state index >= 15 is 0 Å². The fourth-order valence-corrected chi connectivity index (χ4v) is 5.21. The Kier molecular flexibility index (Phi) is 5.31. The van der Waals surface area contributed by atoms with Gasteiger partial charge in [0.1, 0.15) is 0 Å². The smallest absolute Gasteiger partial charge is 0.341 e. The molecule has 0 spiro atoms. The van der Waals surface area contributed by atoms with E-state index in [9.17, 15) is 9.59 Å². The van der Waals surface area contributed by atoms with Gasteiger partial charge >= 0.3 is 5.97 Å². The summed E-state index contributed by atoms with van der Waals surface area (Å²) < 4.78 is 10.9. The van der Waals surface area contributed by atoms with Crippen LogP contribution in [0, 0.1) is 5.41 Å². The Morgan fingerprint density at radius 2 is 1.88 bits per heavy atom. The zero-order valence-electron chi connectivity index (χ0n) is 19.5. The maximum absolute atomic E-state index is 13.6. The molecular formula is C28H27NO5. The lowest BCUT2D eigenvalue weighted by Crippen LogP contribution is -2.33. The van der Waals surface area contributed by atoms with Crippen molar-refractivity contribution in [3.05, 3.63) is 71.3 Å². The van der Waals surface area contributed by atoms with Crippen molar-refractivity contribution in [3.8, 4) is 11.5 Å². The van der Waals surface area contributed by atoms with E-state index in [2.05, 4.69) is 43.4 Å². The molecule has 0 unspecified atom stereocenters. The molecule has 1 aliphatic carbocycles. The average molecular weight is 458 g/mol. The van der Waals surface area contributed by atoms with E-state index in [1.165, 1.54) is 7.11 Å². The van der Waals surface area contributed by atoms with Gasteiger partial charge < -0.3 is 19.9 Å². The lowest BCUT2D eigenvalue weighted by molar-refractivity contribution is -0.139. The summed E-state index contributed by atoms with van der Waals surface area (Å²) in [4.78, 5) is 24.5. The number of hydrogen-bond donors (Lipinski definition) is 2. The number of ether oxygens (including phenoxy) is 2. The van der Waals surface area contributed by atoms with Crippen LogP contribution in [-0.4, -0.2) is 30.6 Å². The summed E-state index contributed by atoms with van der Waals surface area (Å²) in [6.45, 7) is 3.84. The summed E-state index contributed by atoms with van der Waals surface area (Å²) in [6, 6.07) is 17.5. The molecule has 6 nitrogen and oxygen atoms in total.